The number of anilines is 1. The van der Waals surface area contributed by atoms with Crippen LogP contribution in [0.25, 0.3) is 0 Å². The molecule has 1 nitrogen and oxygen atoms in total. The van der Waals surface area contributed by atoms with Crippen molar-refractivity contribution in [2.45, 2.75) is 26.2 Å². The second-order valence-electron chi connectivity index (χ2n) is 4.19. The summed E-state index contributed by atoms with van der Waals surface area (Å²) in [6.45, 7) is 6.21. The molecule has 0 heterocycles. The number of hydrogen-bond acceptors (Lipinski definition) is 1. The summed E-state index contributed by atoms with van der Waals surface area (Å²) in [6.07, 6.45) is 0. The zero-order valence-electron chi connectivity index (χ0n) is 8.61. The van der Waals surface area contributed by atoms with Crippen LogP contribution in [-0.4, -0.2) is 7.05 Å². The Bertz CT molecular complexity index is 299. The molecule has 0 fully saturated rings. The largest absolute Gasteiger partial charge is 0.386 e. The van der Waals surface area contributed by atoms with Crippen molar-refractivity contribution in [3.05, 3.63) is 29.6 Å². The topological polar surface area (TPSA) is 12.0 Å². The first-order valence-corrected chi connectivity index (χ1v) is 4.43. The summed E-state index contributed by atoms with van der Waals surface area (Å²) in [4.78, 5) is 0. The van der Waals surface area contributed by atoms with Gasteiger partial charge in [-0.15, -0.1) is 0 Å². The molecule has 1 rings (SSSR count). The van der Waals surface area contributed by atoms with E-state index in [1.54, 1.807) is 19.2 Å². The van der Waals surface area contributed by atoms with Gasteiger partial charge in [0.15, 0.2) is 0 Å². The minimum atomic E-state index is -0.185. The third kappa shape index (κ3) is 2.20. The summed E-state index contributed by atoms with van der Waals surface area (Å²) in [5, 5.41) is 2.80. The fourth-order valence-electron chi connectivity index (χ4n) is 1.18. The molecule has 72 valence electrons. The van der Waals surface area contributed by atoms with Crippen molar-refractivity contribution in [2.24, 2.45) is 0 Å². The van der Waals surface area contributed by atoms with Gasteiger partial charge in [-0.25, -0.2) is 4.39 Å². The van der Waals surface area contributed by atoms with Gasteiger partial charge in [-0.2, -0.15) is 0 Å². The lowest BCUT2D eigenvalue weighted by atomic mass is 9.87. The lowest BCUT2D eigenvalue weighted by Gasteiger charge is -2.19. The fraction of sp³-hybridized carbons (Fsp3) is 0.455. The van der Waals surface area contributed by atoms with E-state index in [0.29, 0.717) is 5.69 Å². The van der Waals surface area contributed by atoms with E-state index in [4.69, 9.17) is 0 Å². The predicted molar refractivity (Wildman–Crippen MR) is 54.6 cm³/mol. The van der Waals surface area contributed by atoms with Crippen LogP contribution < -0.4 is 5.32 Å². The Labute approximate surface area is 79.0 Å². The summed E-state index contributed by atoms with van der Waals surface area (Å²) in [6, 6.07) is 5.32. The maximum absolute atomic E-state index is 13.3. The van der Waals surface area contributed by atoms with Crippen LogP contribution in [-0.2, 0) is 5.41 Å². The van der Waals surface area contributed by atoms with Crippen LogP contribution in [0.15, 0.2) is 18.2 Å². The third-order valence-corrected chi connectivity index (χ3v) is 2.10. The Morgan fingerprint density at radius 2 is 1.85 bits per heavy atom. The van der Waals surface area contributed by atoms with Crippen LogP contribution in [0.1, 0.15) is 26.3 Å². The SMILES string of the molecule is CNc1ccc(C(C)(C)C)cc1F. The van der Waals surface area contributed by atoms with Gasteiger partial charge >= 0.3 is 0 Å². The van der Waals surface area contributed by atoms with E-state index >= 15 is 0 Å². The van der Waals surface area contributed by atoms with E-state index in [2.05, 4.69) is 26.1 Å². The molecule has 2 heteroatoms. The van der Waals surface area contributed by atoms with Crippen molar-refractivity contribution in [2.75, 3.05) is 12.4 Å². The van der Waals surface area contributed by atoms with Gasteiger partial charge in [-0.3, -0.25) is 0 Å². The maximum Gasteiger partial charge on any atom is 0.146 e. The van der Waals surface area contributed by atoms with E-state index in [-0.39, 0.29) is 11.2 Å². The molecule has 0 aliphatic carbocycles. The van der Waals surface area contributed by atoms with E-state index in [1.165, 1.54) is 0 Å². The van der Waals surface area contributed by atoms with E-state index in [9.17, 15) is 4.39 Å². The maximum atomic E-state index is 13.3. The standard InChI is InChI=1S/C11H16FN/c1-11(2,3)8-5-6-10(13-4)9(12)7-8/h5-7,13H,1-4H3. The zero-order valence-corrected chi connectivity index (χ0v) is 8.61. The second kappa shape index (κ2) is 3.36. The van der Waals surface area contributed by atoms with Crippen molar-refractivity contribution in [1.29, 1.82) is 0 Å². The quantitative estimate of drug-likeness (QED) is 0.701. The molecule has 1 N–H and O–H groups in total. The first kappa shape index (κ1) is 10.0. The van der Waals surface area contributed by atoms with E-state index < -0.39 is 0 Å². The number of benzene rings is 1. The van der Waals surface area contributed by atoms with Gasteiger partial charge in [0.25, 0.3) is 0 Å². The Kier molecular flexibility index (Phi) is 2.60. The second-order valence-corrected chi connectivity index (χ2v) is 4.19. The highest BCUT2D eigenvalue weighted by Gasteiger charge is 2.14. The minimum absolute atomic E-state index is 0.00705. The summed E-state index contributed by atoms with van der Waals surface area (Å²) in [7, 11) is 1.72. The van der Waals surface area contributed by atoms with E-state index in [0.717, 1.165) is 5.56 Å². The molecular formula is C11H16FN. The molecule has 0 aliphatic heterocycles. The first-order chi connectivity index (χ1) is 5.95. The van der Waals surface area contributed by atoms with Gasteiger partial charge in [0.05, 0.1) is 5.69 Å². The van der Waals surface area contributed by atoms with Crippen LogP contribution in [0, 0.1) is 5.82 Å². The molecule has 1 aromatic rings. The summed E-state index contributed by atoms with van der Waals surface area (Å²) >= 11 is 0. The Hall–Kier alpha value is -1.05. The molecule has 13 heavy (non-hydrogen) atoms. The van der Waals surface area contributed by atoms with Crippen molar-refractivity contribution >= 4 is 5.69 Å². The Morgan fingerprint density at radius 1 is 1.23 bits per heavy atom. The normalized spacial score (nSPS) is 11.5. The van der Waals surface area contributed by atoms with Gasteiger partial charge in [0.2, 0.25) is 0 Å². The Morgan fingerprint density at radius 3 is 2.23 bits per heavy atom. The van der Waals surface area contributed by atoms with Gasteiger partial charge < -0.3 is 5.32 Å². The predicted octanol–water partition coefficient (Wildman–Crippen LogP) is 3.16. The van der Waals surface area contributed by atoms with Gasteiger partial charge in [-0.05, 0) is 23.1 Å². The van der Waals surface area contributed by atoms with Crippen molar-refractivity contribution < 1.29 is 4.39 Å². The van der Waals surface area contributed by atoms with Gasteiger partial charge in [0.1, 0.15) is 5.82 Å². The lowest BCUT2D eigenvalue weighted by Crippen LogP contribution is -2.11. The molecule has 0 saturated carbocycles. The molecule has 1 aromatic carbocycles. The molecule has 0 amide bonds. The van der Waals surface area contributed by atoms with Gasteiger partial charge in [-0.1, -0.05) is 26.8 Å². The number of halogens is 1. The highest BCUT2D eigenvalue weighted by atomic mass is 19.1. The molecular weight excluding hydrogens is 165 g/mol. The molecule has 0 spiro atoms. The number of nitrogens with one attached hydrogen (secondary N) is 1. The highest BCUT2D eigenvalue weighted by Crippen LogP contribution is 2.25. The third-order valence-electron chi connectivity index (χ3n) is 2.10. The van der Waals surface area contributed by atoms with Crippen LogP contribution >= 0.6 is 0 Å². The van der Waals surface area contributed by atoms with Crippen LogP contribution in [0.3, 0.4) is 0 Å². The minimum Gasteiger partial charge on any atom is -0.386 e. The number of hydrogen-bond donors (Lipinski definition) is 1. The first-order valence-electron chi connectivity index (χ1n) is 4.43. The highest BCUT2D eigenvalue weighted by molar-refractivity contribution is 5.46. The summed E-state index contributed by atoms with van der Waals surface area (Å²) in [5.74, 6) is -0.185. The summed E-state index contributed by atoms with van der Waals surface area (Å²) < 4.78 is 13.3. The van der Waals surface area contributed by atoms with Crippen molar-refractivity contribution in [1.82, 2.24) is 0 Å². The van der Waals surface area contributed by atoms with Crippen LogP contribution in [0.2, 0.25) is 0 Å². The van der Waals surface area contributed by atoms with Gasteiger partial charge in [0, 0.05) is 7.05 Å². The summed E-state index contributed by atoms with van der Waals surface area (Å²) in [5.41, 5.74) is 1.57. The number of rotatable bonds is 1. The molecule has 0 atom stereocenters. The monoisotopic (exact) mass is 181 g/mol. The molecule has 0 aromatic heterocycles. The Balaban J connectivity index is 3.10. The molecule has 0 saturated heterocycles. The molecule has 0 unspecified atom stereocenters. The lowest BCUT2D eigenvalue weighted by molar-refractivity contribution is 0.573. The average molecular weight is 181 g/mol. The molecule has 0 bridgehead atoms. The van der Waals surface area contributed by atoms with Crippen LogP contribution in [0.4, 0.5) is 10.1 Å². The van der Waals surface area contributed by atoms with E-state index in [1.807, 2.05) is 6.07 Å². The fourth-order valence-corrected chi connectivity index (χ4v) is 1.18. The average Bonchev–Trinajstić information content (AvgIpc) is 2.02. The smallest absolute Gasteiger partial charge is 0.146 e. The van der Waals surface area contributed by atoms with Crippen molar-refractivity contribution in [3.8, 4) is 0 Å². The molecule has 0 aliphatic rings. The van der Waals surface area contributed by atoms with Crippen molar-refractivity contribution in [3.63, 3.8) is 0 Å². The van der Waals surface area contributed by atoms with Crippen LogP contribution in [0.5, 0.6) is 0 Å². The molecule has 0 radical (unpaired) electrons. The zero-order chi connectivity index (χ0) is 10.1.